The fourth-order valence-corrected chi connectivity index (χ4v) is 1.59. The van der Waals surface area contributed by atoms with E-state index in [1.54, 1.807) is 0 Å². The molecule has 0 radical (unpaired) electrons. The highest BCUT2D eigenvalue weighted by Crippen LogP contribution is 2.15. The fourth-order valence-electron chi connectivity index (χ4n) is 0.650. The van der Waals surface area contributed by atoms with Gasteiger partial charge >= 0.3 is 0 Å². The summed E-state index contributed by atoms with van der Waals surface area (Å²) in [4.78, 5) is 14.7. The zero-order valence-corrected chi connectivity index (χ0v) is 8.21. The lowest BCUT2D eigenvalue weighted by Gasteiger charge is -1.96. The molecule has 1 aromatic rings. The van der Waals surface area contributed by atoms with E-state index in [1.165, 1.54) is 18.3 Å². The van der Waals surface area contributed by atoms with Crippen LogP contribution >= 0.6 is 22.9 Å². The lowest BCUT2D eigenvalue weighted by atomic mass is 10.4. The quantitative estimate of drug-likeness (QED) is 0.762. The molecule has 3 nitrogen and oxygen atoms in total. The summed E-state index contributed by atoms with van der Waals surface area (Å²) in [5.41, 5.74) is 0.840. The number of nitrogens with one attached hydrogen (secondary N) is 1. The van der Waals surface area contributed by atoms with Gasteiger partial charge < -0.3 is 5.32 Å². The zero-order chi connectivity index (χ0) is 8.97. The van der Waals surface area contributed by atoms with Gasteiger partial charge in [0.2, 0.25) is 0 Å². The van der Waals surface area contributed by atoms with Crippen molar-refractivity contribution < 1.29 is 4.79 Å². The summed E-state index contributed by atoms with van der Waals surface area (Å²) in [5.74, 6) is 0.510. The number of nitrogens with zero attached hydrogens (tertiary/aromatic N) is 1. The molecule has 0 spiro atoms. The maximum atomic E-state index is 10.6. The van der Waals surface area contributed by atoms with Crippen LogP contribution < -0.4 is 5.32 Å². The monoisotopic (exact) mass is 204 g/mol. The van der Waals surface area contributed by atoms with E-state index in [1.807, 2.05) is 5.38 Å². The van der Waals surface area contributed by atoms with Crippen LogP contribution in [0.15, 0.2) is 5.38 Å². The minimum atomic E-state index is 0.0950. The highest BCUT2D eigenvalue weighted by atomic mass is 35.5. The van der Waals surface area contributed by atoms with Crippen LogP contribution in [0.2, 0.25) is 0 Å². The van der Waals surface area contributed by atoms with Crippen molar-refractivity contribution in [3.63, 3.8) is 0 Å². The van der Waals surface area contributed by atoms with E-state index in [4.69, 9.17) is 11.6 Å². The Morgan fingerprint density at radius 3 is 3.08 bits per heavy atom. The first-order valence-corrected chi connectivity index (χ1v) is 4.87. The Morgan fingerprint density at radius 2 is 2.58 bits per heavy atom. The van der Waals surface area contributed by atoms with Gasteiger partial charge in [-0.15, -0.1) is 22.9 Å². The molecule has 1 heterocycles. The minimum absolute atomic E-state index is 0.0950. The normalized spacial score (nSPS) is 9.83. The SMILES string of the molecule is CC(=O)CNc1nc(CCl)cs1. The number of rotatable bonds is 4. The van der Waals surface area contributed by atoms with Crippen molar-refractivity contribution in [2.75, 3.05) is 11.9 Å². The number of thiazole rings is 1. The van der Waals surface area contributed by atoms with Crippen LogP contribution in [-0.4, -0.2) is 17.3 Å². The predicted molar refractivity (Wildman–Crippen MR) is 50.8 cm³/mol. The summed E-state index contributed by atoms with van der Waals surface area (Å²) in [6.07, 6.45) is 0. The number of carbonyl (C=O) groups excluding carboxylic acids is 1. The molecule has 0 aliphatic rings. The van der Waals surface area contributed by atoms with Crippen molar-refractivity contribution in [3.8, 4) is 0 Å². The number of aromatic nitrogens is 1. The number of Topliss-reactive ketones (excluding diaryl/α,β-unsaturated/α-hetero) is 1. The van der Waals surface area contributed by atoms with Crippen LogP contribution in [-0.2, 0) is 10.7 Å². The van der Waals surface area contributed by atoms with Crippen molar-refractivity contribution in [3.05, 3.63) is 11.1 Å². The smallest absolute Gasteiger partial charge is 0.183 e. The molecule has 1 aromatic heterocycles. The third-order valence-electron chi connectivity index (χ3n) is 1.18. The van der Waals surface area contributed by atoms with Crippen molar-refractivity contribution in [1.82, 2.24) is 4.98 Å². The van der Waals surface area contributed by atoms with Crippen molar-refractivity contribution >= 4 is 33.9 Å². The Hall–Kier alpha value is -0.610. The highest BCUT2D eigenvalue weighted by molar-refractivity contribution is 7.13. The Bertz CT molecular complexity index is 274. The van der Waals surface area contributed by atoms with Gasteiger partial charge in [0, 0.05) is 5.38 Å². The van der Waals surface area contributed by atoms with Crippen LogP contribution in [0.5, 0.6) is 0 Å². The molecule has 0 aromatic carbocycles. The molecule has 0 bridgehead atoms. The fraction of sp³-hybridized carbons (Fsp3) is 0.429. The highest BCUT2D eigenvalue weighted by Gasteiger charge is 2.00. The summed E-state index contributed by atoms with van der Waals surface area (Å²) in [6.45, 7) is 1.86. The Kier molecular flexibility index (Phi) is 3.49. The summed E-state index contributed by atoms with van der Waals surface area (Å²) in [6, 6.07) is 0. The number of anilines is 1. The third kappa shape index (κ3) is 2.79. The molecule has 0 fully saturated rings. The van der Waals surface area contributed by atoms with E-state index < -0.39 is 0 Å². The summed E-state index contributed by atoms with van der Waals surface area (Å²) < 4.78 is 0. The number of hydrogen-bond acceptors (Lipinski definition) is 4. The first-order chi connectivity index (χ1) is 5.72. The number of halogens is 1. The average molecular weight is 205 g/mol. The standard InChI is InChI=1S/C7H9ClN2OS/c1-5(11)3-9-7-10-6(2-8)4-12-7/h4H,2-3H2,1H3,(H,9,10). The summed E-state index contributed by atoms with van der Waals surface area (Å²) in [5, 5.41) is 5.52. The average Bonchev–Trinajstić information content (AvgIpc) is 2.48. The number of ketones is 1. The van der Waals surface area contributed by atoms with E-state index in [9.17, 15) is 4.79 Å². The molecule has 0 saturated carbocycles. The van der Waals surface area contributed by atoms with Crippen LogP contribution in [0, 0.1) is 0 Å². The maximum absolute atomic E-state index is 10.6. The zero-order valence-electron chi connectivity index (χ0n) is 6.63. The Balaban J connectivity index is 2.47. The van der Waals surface area contributed by atoms with E-state index in [0.29, 0.717) is 12.4 Å². The molecule has 66 valence electrons. The van der Waals surface area contributed by atoms with Gasteiger partial charge in [-0.2, -0.15) is 0 Å². The van der Waals surface area contributed by atoms with Gasteiger partial charge in [-0.25, -0.2) is 4.98 Å². The molecule has 12 heavy (non-hydrogen) atoms. The van der Waals surface area contributed by atoms with Gasteiger partial charge in [0.25, 0.3) is 0 Å². The minimum Gasteiger partial charge on any atom is -0.354 e. The van der Waals surface area contributed by atoms with Gasteiger partial charge in [-0.3, -0.25) is 4.79 Å². The van der Waals surface area contributed by atoms with E-state index in [2.05, 4.69) is 10.3 Å². The molecule has 0 unspecified atom stereocenters. The maximum Gasteiger partial charge on any atom is 0.183 e. The second-order valence-electron chi connectivity index (χ2n) is 2.33. The summed E-state index contributed by atoms with van der Waals surface area (Å²) in [7, 11) is 0. The molecule has 0 atom stereocenters. The van der Waals surface area contributed by atoms with Crippen LogP contribution in [0.3, 0.4) is 0 Å². The molecule has 1 N–H and O–H groups in total. The molecule has 0 aliphatic heterocycles. The third-order valence-corrected chi connectivity index (χ3v) is 2.30. The second-order valence-corrected chi connectivity index (χ2v) is 3.46. The van der Waals surface area contributed by atoms with E-state index >= 15 is 0 Å². The molecule has 0 amide bonds. The first-order valence-electron chi connectivity index (χ1n) is 3.46. The number of carbonyl (C=O) groups is 1. The first kappa shape index (κ1) is 9.48. The molecule has 0 aliphatic carbocycles. The second kappa shape index (κ2) is 4.42. The predicted octanol–water partition coefficient (Wildman–Crippen LogP) is 1.88. The van der Waals surface area contributed by atoms with Crippen LogP contribution in [0.1, 0.15) is 12.6 Å². The van der Waals surface area contributed by atoms with Crippen molar-refractivity contribution in [1.29, 1.82) is 0 Å². The van der Waals surface area contributed by atoms with E-state index in [0.717, 1.165) is 10.8 Å². The largest absolute Gasteiger partial charge is 0.354 e. The van der Waals surface area contributed by atoms with Crippen LogP contribution in [0.4, 0.5) is 5.13 Å². The van der Waals surface area contributed by atoms with Crippen LogP contribution in [0.25, 0.3) is 0 Å². The Morgan fingerprint density at radius 1 is 1.83 bits per heavy atom. The van der Waals surface area contributed by atoms with Gasteiger partial charge in [0.1, 0.15) is 5.78 Å². The van der Waals surface area contributed by atoms with Crippen molar-refractivity contribution in [2.24, 2.45) is 0 Å². The molecule has 1 rings (SSSR count). The van der Waals surface area contributed by atoms with Gasteiger partial charge in [-0.1, -0.05) is 0 Å². The number of hydrogen-bond donors (Lipinski definition) is 1. The van der Waals surface area contributed by atoms with E-state index in [-0.39, 0.29) is 5.78 Å². The summed E-state index contributed by atoms with van der Waals surface area (Å²) >= 11 is 7.01. The molecule has 5 heteroatoms. The molecule has 0 saturated heterocycles. The lowest BCUT2D eigenvalue weighted by molar-refractivity contribution is -0.115. The topological polar surface area (TPSA) is 42.0 Å². The van der Waals surface area contributed by atoms with Gasteiger partial charge in [0.05, 0.1) is 18.1 Å². The number of alkyl halides is 1. The van der Waals surface area contributed by atoms with Gasteiger partial charge in [0.15, 0.2) is 5.13 Å². The lowest BCUT2D eigenvalue weighted by Crippen LogP contribution is -2.09. The molecular formula is C7H9ClN2OS. The Labute approximate surface area is 79.8 Å². The van der Waals surface area contributed by atoms with Gasteiger partial charge in [-0.05, 0) is 6.92 Å². The molecular weight excluding hydrogens is 196 g/mol. The van der Waals surface area contributed by atoms with Crippen molar-refractivity contribution in [2.45, 2.75) is 12.8 Å².